The molecule has 0 saturated carbocycles. The van der Waals surface area contributed by atoms with E-state index < -0.39 is 15.9 Å². The molecule has 0 N–H and O–H groups in total. The van der Waals surface area contributed by atoms with E-state index in [1.165, 1.54) is 63.2 Å². The van der Waals surface area contributed by atoms with Crippen molar-refractivity contribution < 1.29 is 13.2 Å². The maximum Gasteiger partial charge on any atom is 0.279 e. The van der Waals surface area contributed by atoms with Crippen molar-refractivity contribution in [3.8, 4) is 0 Å². The van der Waals surface area contributed by atoms with Gasteiger partial charge < -0.3 is 4.57 Å². The van der Waals surface area contributed by atoms with Crippen LogP contribution >= 0.6 is 11.3 Å². The number of sulfonamides is 1. The lowest BCUT2D eigenvalue weighted by Crippen LogP contribution is -2.31. The number of carbonyl (C=O) groups is 1. The van der Waals surface area contributed by atoms with E-state index in [2.05, 4.69) is 44.1 Å². The predicted molar refractivity (Wildman–Crippen MR) is 130 cm³/mol. The smallest absolute Gasteiger partial charge is 0.279 e. The number of aryl methyl sites for hydroxylation is 3. The molecule has 0 aliphatic carbocycles. The summed E-state index contributed by atoms with van der Waals surface area (Å²) in [6.45, 7) is 14.4. The average molecular weight is 470 g/mol. The van der Waals surface area contributed by atoms with E-state index in [1.807, 2.05) is 11.5 Å². The summed E-state index contributed by atoms with van der Waals surface area (Å²) in [5.41, 5.74) is 3.78. The van der Waals surface area contributed by atoms with Gasteiger partial charge in [0.2, 0.25) is 10.0 Å². The molecule has 3 aromatic rings. The van der Waals surface area contributed by atoms with Gasteiger partial charge in [0, 0.05) is 25.2 Å². The van der Waals surface area contributed by atoms with Gasteiger partial charge in [-0.3, -0.25) is 4.79 Å². The summed E-state index contributed by atoms with van der Waals surface area (Å²) in [6.07, 6.45) is 3.05. The van der Waals surface area contributed by atoms with Crippen LogP contribution in [0.1, 0.15) is 28.4 Å². The summed E-state index contributed by atoms with van der Waals surface area (Å²) < 4.78 is 30.1. The third-order valence-corrected chi connectivity index (χ3v) is 8.17. The molecule has 0 aliphatic heterocycles. The maximum atomic E-state index is 12.9. The minimum Gasteiger partial charge on any atom is -0.316 e. The van der Waals surface area contributed by atoms with E-state index in [0.29, 0.717) is 16.9 Å². The molecular formula is C24H27N3O3S2. The van der Waals surface area contributed by atoms with Gasteiger partial charge in [0.15, 0.2) is 4.80 Å². The quantitative estimate of drug-likeness (QED) is 0.458. The number of hydrogen-bond acceptors (Lipinski definition) is 4. The first-order chi connectivity index (χ1) is 15.2. The fourth-order valence-corrected chi connectivity index (χ4v) is 5.98. The van der Waals surface area contributed by atoms with Crippen molar-refractivity contribution in [3.05, 3.63) is 83.2 Å². The van der Waals surface area contributed by atoms with Crippen molar-refractivity contribution in [2.24, 2.45) is 4.99 Å². The van der Waals surface area contributed by atoms with Gasteiger partial charge in [-0.1, -0.05) is 29.6 Å². The van der Waals surface area contributed by atoms with Crippen LogP contribution in [0.5, 0.6) is 0 Å². The van der Waals surface area contributed by atoms with Gasteiger partial charge in [-0.25, -0.2) is 8.42 Å². The Morgan fingerprint density at radius 3 is 2.28 bits per heavy atom. The molecule has 0 aliphatic rings. The van der Waals surface area contributed by atoms with Crippen LogP contribution < -0.4 is 4.80 Å². The number of hydrogen-bond donors (Lipinski definition) is 0. The number of thiazole rings is 1. The topological polar surface area (TPSA) is 71.7 Å². The molecule has 0 spiro atoms. The Morgan fingerprint density at radius 2 is 1.72 bits per heavy atom. The van der Waals surface area contributed by atoms with Gasteiger partial charge in [-0.2, -0.15) is 9.30 Å². The van der Waals surface area contributed by atoms with Crippen LogP contribution in [0.15, 0.2) is 71.6 Å². The van der Waals surface area contributed by atoms with Crippen molar-refractivity contribution in [3.63, 3.8) is 0 Å². The number of amides is 1. The molecule has 0 radical (unpaired) electrons. The first kappa shape index (κ1) is 23.8. The van der Waals surface area contributed by atoms with Gasteiger partial charge in [0.1, 0.15) is 0 Å². The van der Waals surface area contributed by atoms with Gasteiger partial charge in [0.25, 0.3) is 5.91 Å². The summed E-state index contributed by atoms with van der Waals surface area (Å²) in [5.74, 6) is -0.411. The zero-order valence-corrected chi connectivity index (χ0v) is 20.2. The number of aromatic nitrogens is 1. The Hall–Kier alpha value is -2.81. The zero-order valence-electron chi connectivity index (χ0n) is 18.5. The molecule has 1 heterocycles. The van der Waals surface area contributed by atoms with E-state index in [-0.39, 0.29) is 18.0 Å². The third kappa shape index (κ3) is 4.53. The standard InChI is InChI=1S/C24H27N3O3S2/c1-6-15-26(16-7-2)32(29,30)20-12-10-19(11-13-20)23(28)25-24-27(8-3)22-18(5)17(4)9-14-21(22)31-24/h6-7,9-14H,1-2,8,15-16H2,3-5H3. The van der Waals surface area contributed by atoms with Crippen molar-refractivity contribution in [1.29, 1.82) is 0 Å². The lowest BCUT2D eigenvalue weighted by Gasteiger charge is -2.19. The highest BCUT2D eigenvalue weighted by Crippen LogP contribution is 2.24. The Labute approximate surface area is 192 Å². The van der Waals surface area contributed by atoms with Crippen LogP contribution in [-0.4, -0.2) is 36.3 Å². The molecule has 0 atom stereocenters. The Balaban J connectivity index is 1.98. The molecule has 8 heteroatoms. The van der Waals surface area contributed by atoms with E-state index in [0.717, 1.165) is 10.2 Å². The molecule has 0 bridgehead atoms. The summed E-state index contributed by atoms with van der Waals surface area (Å²) in [7, 11) is -3.72. The molecule has 168 valence electrons. The Bertz CT molecular complexity index is 1340. The zero-order chi connectivity index (χ0) is 23.5. The van der Waals surface area contributed by atoms with E-state index in [9.17, 15) is 13.2 Å². The van der Waals surface area contributed by atoms with E-state index in [1.54, 1.807) is 0 Å². The number of nitrogens with zero attached hydrogens (tertiary/aromatic N) is 3. The third-order valence-electron chi connectivity index (χ3n) is 5.28. The van der Waals surface area contributed by atoms with Crippen LogP contribution in [-0.2, 0) is 16.6 Å². The summed E-state index contributed by atoms with van der Waals surface area (Å²) in [6, 6.07) is 9.99. The molecule has 1 amide bonds. The maximum absolute atomic E-state index is 12.9. The largest absolute Gasteiger partial charge is 0.316 e. The minimum absolute atomic E-state index is 0.106. The normalized spacial score (nSPS) is 12.4. The summed E-state index contributed by atoms with van der Waals surface area (Å²) in [4.78, 5) is 17.9. The van der Waals surface area contributed by atoms with Crippen LogP contribution in [0.2, 0.25) is 0 Å². The molecule has 3 rings (SSSR count). The first-order valence-corrected chi connectivity index (χ1v) is 12.5. The van der Waals surface area contributed by atoms with Crippen LogP contribution in [0.4, 0.5) is 0 Å². The molecule has 32 heavy (non-hydrogen) atoms. The number of benzene rings is 2. The highest BCUT2D eigenvalue weighted by atomic mass is 32.2. The molecule has 0 saturated heterocycles. The molecule has 0 unspecified atom stereocenters. The summed E-state index contributed by atoms with van der Waals surface area (Å²) >= 11 is 1.47. The monoisotopic (exact) mass is 469 g/mol. The van der Waals surface area contributed by atoms with Gasteiger partial charge >= 0.3 is 0 Å². The molecule has 6 nitrogen and oxygen atoms in total. The molecule has 2 aromatic carbocycles. The van der Waals surface area contributed by atoms with E-state index >= 15 is 0 Å². The van der Waals surface area contributed by atoms with Crippen LogP contribution in [0.3, 0.4) is 0 Å². The molecule has 0 fully saturated rings. The lowest BCUT2D eigenvalue weighted by molar-refractivity contribution is 0.0997. The Morgan fingerprint density at radius 1 is 1.09 bits per heavy atom. The van der Waals surface area contributed by atoms with Crippen molar-refractivity contribution in [2.75, 3.05) is 13.1 Å². The van der Waals surface area contributed by atoms with Crippen molar-refractivity contribution in [1.82, 2.24) is 8.87 Å². The lowest BCUT2D eigenvalue weighted by atomic mass is 10.1. The van der Waals surface area contributed by atoms with Crippen molar-refractivity contribution >= 4 is 37.5 Å². The fraction of sp³-hybridized carbons (Fsp3) is 0.250. The average Bonchev–Trinajstić information content (AvgIpc) is 3.13. The number of carbonyl (C=O) groups excluding carboxylic acids is 1. The van der Waals surface area contributed by atoms with Crippen molar-refractivity contribution in [2.45, 2.75) is 32.2 Å². The van der Waals surface area contributed by atoms with Crippen LogP contribution in [0.25, 0.3) is 10.2 Å². The highest BCUT2D eigenvalue weighted by Gasteiger charge is 2.22. The van der Waals surface area contributed by atoms with Gasteiger partial charge in [-0.15, -0.1) is 13.2 Å². The van der Waals surface area contributed by atoms with Crippen LogP contribution in [0, 0.1) is 13.8 Å². The summed E-state index contributed by atoms with van der Waals surface area (Å²) in [5, 5.41) is 0. The molecule has 1 aromatic heterocycles. The number of fused-ring (bicyclic) bond motifs is 1. The molecular weight excluding hydrogens is 442 g/mol. The second-order valence-corrected chi connectivity index (χ2v) is 10.3. The minimum atomic E-state index is -3.72. The van der Waals surface area contributed by atoms with E-state index in [4.69, 9.17) is 0 Å². The van der Waals surface area contributed by atoms with Gasteiger partial charge in [-0.05, 0) is 62.2 Å². The fourth-order valence-electron chi connectivity index (χ4n) is 3.45. The SMILES string of the molecule is C=CCN(CC=C)S(=O)(=O)c1ccc(C(=O)N=c2sc3ccc(C)c(C)c3n2CC)cc1. The van der Waals surface area contributed by atoms with Gasteiger partial charge in [0.05, 0.1) is 15.1 Å². The Kier molecular flexibility index (Phi) is 7.28. The predicted octanol–water partition coefficient (Wildman–Crippen LogP) is 4.44. The highest BCUT2D eigenvalue weighted by molar-refractivity contribution is 7.89. The second kappa shape index (κ2) is 9.77. The first-order valence-electron chi connectivity index (χ1n) is 10.2. The number of rotatable bonds is 8. The second-order valence-electron chi connectivity index (χ2n) is 7.32.